The fourth-order valence-electron chi connectivity index (χ4n) is 3.55. The van der Waals surface area contributed by atoms with E-state index in [0.717, 1.165) is 50.6 Å². The Bertz CT molecular complexity index is 869. The lowest BCUT2D eigenvalue weighted by Gasteiger charge is -2.39. The van der Waals surface area contributed by atoms with Crippen molar-refractivity contribution in [2.75, 3.05) is 32.8 Å². The van der Waals surface area contributed by atoms with E-state index in [1.807, 2.05) is 13.1 Å². The summed E-state index contributed by atoms with van der Waals surface area (Å²) in [6.07, 6.45) is 5.88. The molecule has 0 atom stereocenters. The van der Waals surface area contributed by atoms with Crippen LogP contribution < -0.4 is 10.1 Å². The van der Waals surface area contributed by atoms with Crippen LogP contribution in [0.1, 0.15) is 12.8 Å². The Morgan fingerprint density at radius 2 is 2.07 bits per heavy atom. The first-order chi connectivity index (χ1) is 13.7. The molecule has 2 aliphatic rings. The molecule has 2 saturated heterocycles. The van der Waals surface area contributed by atoms with Gasteiger partial charge >= 0.3 is 0 Å². The molecule has 6 nitrogen and oxygen atoms in total. The van der Waals surface area contributed by atoms with E-state index in [4.69, 9.17) is 9.73 Å². The van der Waals surface area contributed by atoms with Crippen LogP contribution in [0.15, 0.2) is 53.3 Å². The number of ether oxygens (including phenoxy) is 1. The fraction of sp³-hybridized carbons (Fsp3) is 0.429. The zero-order valence-electron chi connectivity index (χ0n) is 16.1. The molecule has 28 heavy (non-hydrogen) atoms. The molecule has 0 radical (unpaired) electrons. The number of halogens is 1. The summed E-state index contributed by atoms with van der Waals surface area (Å²) < 4.78 is 21.1. The Morgan fingerprint density at radius 3 is 2.86 bits per heavy atom. The lowest BCUT2D eigenvalue weighted by Crippen LogP contribution is -2.46. The maximum Gasteiger partial charge on any atom is 0.165 e. The van der Waals surface area contributed by atoms with Crippen molar-refractivity contribution in [2.45, 2.75) is 12.8 Å². The van der Waals surface area contributed by atoms with Crippen LogP contribution in [0.5, 0.6) is 5.75 Å². The monoisotopic (exact) mass is 383 g/mol. The molecule has 1 aromatic heterocycles. The second-order valence-corrected chi connectivity index (χ2v) is 7.34. The minimum atomic E-state index is -0.303. The van der Waals surface area contributed by atoms with E-state index in [-0.39, 0.29) is 5.82 Å². The van der Waals surface area contributed by atoms with Crippen LogP contribution in [0.3, 0.4) is 0 Å². The third-order valence-corrected chi connectivity index (χ3v) is 5.16. The maximum atomic E-state index is 13.6. The first-order valence-electron chi connectivity index (χ1n) is 9.78. The van der Waals surface area contributed by atoms with Crippen molar-refractivity contribution in [1.29, 1.82) is 0 Å². The van der Waals surface area contributed by atoms with E-state index in [1.54, 1.807) is 29.1 Å². The summed E-state index contributed by atoms with van der Waals surface area (Å²) in [5, 5.41) is 7.65. The van der Waals surface area contributed by atoms with E-state index >= 15 is 0 Å². The zero-order chi connectivity index (χ0) is 19.3. The van der Waals surface area contributed by atoms with Crippen LogP contribution in [0.4, 0.5) is 10.2 Å². The van der Waals surface area contributed by atoms with Crippen molar-refractivity contribution >= 4 is 11.5 Å². The first-order valence-corrected chi connectivity index (χ1v) is 9.78. The Morgan fingerprint density at radius 1 is 1.25 bits per heavy atom. The summed E-state index contributed by atoms with van der Waals surface area (Å²) >= 11 is 0. The van der Waals surface area contributed by atoms with Crippen LogP contribution >= 0.6 is 0 Å². The van der Waals surface area contributed by atoms with Crippen molar-refractivity contribution in [2.24, 2.45) is 18.0 Å². The molecule has 4 rings (SSSR count). The zero-order valence-corrected chi connectivity index (χ0v) is 16.1. The van der Waals surface area contributed by atoms with Gasteiger partial charge in [0.2, 0.25) is 0 Å². The molecular formula is C21H26FN5O. The SMILES string of the molecule is Cn1nccc1/N=C1/CCNCC/C1=C\N1CC(COc2ccccc2F)C1. The highest BCUT2D eigenvalue weighted by atomic mass is 19.1. The van der Waals surface area contributed by atoms with E-state index in [0.29, 0.717) is 18.3 Å². The number of aliphatic imine (C=N–C) groups is 1. The lowest BCUT2D eigenvalue weighted by atomic mass is 10.00. The molecule has 0 amide bonds. The second kappa shape index (κ2) is 8.56. The molecule has 0 spiro atoms. The Kier molecular flexibility index (Phi) is 5.71. The molecule has 3 heterocycles. The van der Waals surface area contributed by atoms with Gasteiger partial charge in [0.05, 0.1) is 12.8 Å². The highest BCUT2D eigenvalue weighted by Crippen LogP contribution is 2.23. The number of hydrogen-bond acceptors (Lipinski definition) is 5. The number of aromatic nitrogens is 2. The van der Waals surface area contributed by atoms with Crippen LogP contribution in [-0.2, 0) is 7.05 Å². The predicted octanol–water partition coefficient (Wildman–Crippen LogP) is 2.91. The Labute approximate surface area is 164 Å². The molecule has 0 unspecified atom stereocenters. The van der Waals surface area contributed by atoms with Gasteiger partial charge in [-0.3, -0.25) is 4.68 Å². The summed E-state index contributed by atoms with van der Waals surface area (Å²) in [4.78, 5) is 7.15. The maximum absolute atomic E-state index is 13.6. The van der Waals surface area contributed by atoms with Crippen molar-refractivity contribution < 1.29 is 9.13 Å². The van der Waals surface area contributed by atoms with E-state index in [9.17, 15) is 4.39 Å². The number of hydrogen-bond donors (Lipinski definition) is 1. The standard InChI is InChI=1S/C21H26FN5O/c1-26-21(8-11-24-26)25-19-7-10-23-9-6-17(19)14-27-12-16(13-27)15-28-20-5-3-2-4-18(20)22/h2-5,8,11,14,16,23H,6-7,9-10,12-13,15H2,1H3/b17-14+,25-19-. The van der Waals surface area contributed by atoms with Gasteiger partial charge in [-0.15, -0.1) is 0 Å². The largest absolute Gasteiger partial charge is 0.490 e. The number of nitrogens with one attached hydrogen (secondary N) is 1. The van der Waals surface area contributed by atoms with E-state index in [1.165, 1.54) is 11.6 Å². The molecule has 1 N–H and O–H groups in total. The lowest BCUT2D eigenvalue weighted by molar-refractivity contribution is 0.101. The number of likely N-dealkylation sites (tertiary alicyclic amines) is 1. The molecule has 2 aliphatic heterocycles. The third kappa shape index (κ3) is 4.42. The van der Waals surface area contributed by atoms with Gasteiger partial charge in [-0.05, 0) is 30.7 Å². The minimum absolute atomic E-state index is 0.303. The summed E-state index contributed by atoms with van der Waals surface area (Å²) in [5.74, 6) is 1.32. The smallest absolute Gasteiger partial charge is 0.165 e. The summed E-state index contributed by atoms with van der Waals surface area (Å²) in [7, 11) is 1.91. The minimum Gasteiger partial charge on any atom is -0.490 e. The van der Waals surface area contributed by atoms with Crippen LogP contribution in [0, 0.1) is 11.7 Å². The molecule has 2 fully saturated rings. The van der Waals surface area contributed by atoms with Gasteiger partial charge in [0.25, 0.3) is 0 Å². The van der Waals surface area contributed by atoms with Crippen molar-refractivity contribution in [3.63, 3.8) is 0 Å². The van der Waals surface area contributed by atoms with Gasteiger partial charge in [-0.1, -0.05) is 12.1 Å². The topological polar surface area (TPSA) is 54.7 Å². The van der Waals surface area contributed by atoms with Gasteiger partial charge in [0, 0.05) is 57.0 Å². The average molecular weight is 383 g/mol. The molecule has 0 saturated carbocycles. The number of benzene rings is 1. The van der Waals surface area contributed by atoms with Crippen LogP contribution in [0.2, 0.25) is 0 Å². The summed E-state index contributed by atoms with van der Waals surface area (Å²) in [5.41, 5.74) is 2.40. The van der Waals surface area contributed by atoms with Crippen molar-refractivity contribution in [3.8, 4) is 5.75 Å². The summed E-state index contributed by atoms with van der Waals surface area (Å²) in [6, 6.07) is 8.50. The molecule has 1 aromatic carbocycles. The number of nitrogens with zero attached hydrogens (tertiary/aromatic N) is 4. The van der Waals surface area contributed by atoms with Crippen molar-refractivity contribution in [3.05, 3.63) is 54.1 Å². The fourth-order valence-corrected chi connectivity index (χ4v) is 3.55. The average Bonchev–Trinajstić information content (AvgIpc) is 2.93. The number of para-hydroxylation sites is 1. The molecular weight excluding hydrogens is 357 g/mol. The molecule has 0 aliphatic carbocycles. The van der Waals surface area contributed by atoms with Gasteiger partial charge in [-0.25, -0.2) is 9.38 Å². The van der Waals surface area contributed by atoms with E-state index in [2.05, 4.69) is 21.5 Å². The first kappa shape index (κ1) is 18.7. The van der Waals surface area contributed by atoms with Gasteiger partial charge in [0.15, 0.2) is 11.6 Å². The highest BCUT2D eigenvalue weighted by Gasteiger charge is 2.26. The van der Waals surface area contributed by atoms with Gasteiger partial charge in [0.1, 0.15) is 5.82 Å². The van der Waals surface area contributed by atoms with E-state index < -0.39 is 0 Å². The van der Waals surface area contributed by atoms with Gasteiger partial charge in [-0.2, -0.15) is 5.10 Å². The molecule has 7 heteroatoms. The van der Waals surface area contributed by atoms with Crippen LogP contribution in [-0.4, -0.2) is 53.2 Å². The second-order valence-electron chi connectivity index (χ2n) is 7.34. The van der Waals surface area contributed by atoms with Crippen LogP contribution in [0.25, 0.3) is 0 Å². The highest BCUT2D eigenvalue weighted by molar-refractivity contribution is 6.01. The van der Waals surface area contributed by atoms with Crippen molar-refractivity contribution in [1.82, 2.24) is 20.0 Å². The molecule has 148 valence electrons. The number of aryl methyl sites for hydroxylation is 1. The summed E-state index contributed by atoms with van der Waals surface area (Å²) in [6.45, 7) is 4.28. The third-order valence-electron chi connectivity index (χ3n) is 5.16. The normalized spacial score (nSPS) is 21.0. The molecule has 0 bridgehead atoms. The number of rotatable bonds is 5. The Hall–Kier alpha value is -2.67. The predicted molar refractivity (Wildman–Crippen MR) is 107 cm³/mol. The Balaban J connectivity index is 1.37. The van der Waals surface area contributed by atoms with Gasteiger partial charge < -0.3 is 15.0 Å². The molecule has 2 aromatic rings. The quantitative estimate of drug-likeness (QED) is 0.863.